The number of aliphatic hydroxyl groups is 1. The Labute approximate surface area is 242 Å². The second-order valence-electron chi connectivity index (χ2n) is 8.88. The van der Waals surface area contributed by atoms with Gasteiger partial charge in [0.25, 0.3) is 5.91 Å². The number of aryl methyl sites for hydroxylation is 1. The van der Waals surface area contributed by atoms with E-state index < -0.39 is 17.8 Å². The van der Waals surface area contributed by atoms with Crippen LogP contribution < -0.4 is 20.1 Å². The SMILES string of the molecule is COc1cnc2c(-c3nc4cc(F)c(OCCOC(=O)Nc5ccnc(C(=O)NCCO)c5)cc4s3)cc(C)cc2n1. The molecule has 0 aliphatic heterocycles. The maximum absolute atomic E-state index is 14.8. The number of carbonyl (C=O) groups is 2. The van der Waals surface area contributed by atoms with Crippen molar-refractivity contribution in [1.82, 2.24) is 25.3 Å². The van der Waals surface area contributed by atoms with Crippen molar-refractivity contribution in [3.63, 3.8) is 0 Å². The highest BCUT2D eigenvalue weighted by atomic mass is 32.1. The molecule has 0 saturated carbocycles. The number of hydrogen-bond acceptors (Lipinski definition) is 11. The average Bonchev–Trinajstić information content (AvgIpc) is 3.39. The van der Waals surface area contributed by atoms with Gasteiger partial charge in [-0.05, 0) is 36.8 Å². The van der Waals surface area contributed by atoms with E-state index >= 15 is 0 Å². The van der Waals surface area contributed by atoms with Crippen molar-refractivity contribution in [1.29, 1.82) is 0 Å². The Bertz CT molecular complexity index is 1780. The predicted octanol–water partition coefficient (Wildman–Crippen LogP) is 4.11. The van der Waals surface area contributed by atoms with Gasteiger partial charge in [0, 0.05) is 36.1 Å². The number of rotatable bonds is 10. The van der Waals surface area contributed by atoms with Crippen molar-refractivity contribution in [3.8, 4) is 22.2 Å². The van der Waals surface area contributed by atoms with Crippen LogP contribution in [0, 0.1) is 12.7 Å². The number of hydrogen-bond donors (Lipinski definition) is 3. The van der Waals surface area contributed by atoms with Crippen LogP contribution in [0.3, 0.4) is 0 Å². The van der Waals surface area contributed by atoms with Crippen LogP contribution in [0.1, 0.15) is 16.1 Å². The van der Waals surface area contributed by atoms with Gasteiger partial charge < -0.3 is 24.6 Å². The number of anilines is 1. The molecule has 42 heavy (non-hydrogen) atoms. The first-order valence-electron chi connectivity index (χ1n) is 12.7. The fourth-order valence-corrected chi connectivity index (χ4v) is 4.99. The number of ether oxygens (including phenoxy) is 3. The Kier molecular flexibility index (Phi) is 8.64. The second-order valence-corrected chi connectivity index (χ2v) is 9.91. The fraction of sp³-hybridized carbons (Fsp3) is 0.214. The number of aliphatic hydroxyl groups excluding tert-OH is 1. The lowest BCUT2D eigenvalue weighted by Crippen LogP contribution is -2.27. The zero-order chi connectivity index (χ0) is 29.6. The maximum atomic E-state index is 14.8. The van der Waals surface area contributed by atoms with E-state index in [0.29, 0.717) is 32.1 Å². The highest BCUT2D eigenvalue weighted by Crippen LogP contribution is 2.37. The van der Waals surface area contributed by atoms with Crippen LogP contribution in [0.4, 0.5) is 14.9 Å². The standard InChI is InChI=1S/C28H25FN6O6S/c1-15-9-17(25-20(10-15)34-24(39-2)14-32-25)27-35-19-12-18(29)22(13-23(19)42-27)40-7-8-41-28(38)33-16-3-4-30-21(11-16)26(37)31-5-6-36/h3-4,9-14,36H,5-8H2,1-2H3,(H,31,37)(H,30,33,38). The van der Waals surface area contributed by atoms with Crippen LogP contribution >= 0.6 is 11.3 Å². The molecule has 5 rings (SSSR count). The van der Waals surface area contributed by atoms with Gasteiger partial charge in [0.2, 0.25) is 5.88 Å². The molecule has 0 fully saturated rings. The molecular weight excluding hydrogens is 567 g/mol. The molecule has 0 aliphatic carbocycles. The van der Waals surface area contributed by atoms with E-state index in [-0.39, 0.29) is 43.5 Å². The first-order valence-corrected chi connectivity index (χ1v) is 13.5. The van der Waals surface area contributed by atoms with E-state index in [1.807, 2.05) is 19.1 Å². The van der Waals surface area contributed by atoms with Gasteiger partial charge in [-0.15, -0.1) is 11.3 Å². The van der Waals surface area contributed by atoms with E-state index in [1.54, 1.807) is 6.07 Å². The van der Waals surface area contributed by atoms with E-state index in [4.69, 9.17) is 19.3 Å². The van der Waals surface area contributed by atoms with Crippen molar-refractivity contribution in [2.45, 2.75) is 6.92 Å². The van der Waals surface area contributed by atoms with Crippen molar-refractivity contribution >= 4 is 50.3 Å². The van der Waals surface area contributed by atoms with E-state index in [9.17, 15) is 14.0 Å². The molecule has 0 atom stereocenters. The van der Waals surface area contributed by atoms with Crippen LogP contribution in [0.15, 0.2) is 48.8 Å². The summed E-state index contributed by atoms with van der Waals surface area (Å²) in [6, 6.07) is 9.56. The average molecular weight is 593 g/mol. The number of benzene rings is 2. The molecule has 3 heterocycles. The first kappa shape index (κ1) is 28.6. The van der Waals surface area contributed by atoms with Gasteiger partial charge in [0.05, 0.1) is 41.2 Å². The number of methoxy groups -OCH3 is 1. The van der Waals surface area contributed by atoms with Crippen molar-refractivity contribution in [2.24, 2.45) is 0 Å². The molecular formula is C28H25FN6O6S. The van der Waals surface area contributed by atoms with Crippen LogP contribution in [-0.2, 0) is 4.74 Å². The third-order valence-corrected chi connectivity index (χ3v) is 6.91. The third-order valence-electron chi connectivity index (χ3n) is 5.86. The molecule has 0 aliphatic rings. The number of aromatic nitrogens is 4. The predicted molar refractivity (Wildman–Crippen MR) is 154 cm³/mol. The summed E-state index contributed by atoms with van der Waals surface area (Å²) >= 11 is 1.36. The summed E-state index contributed by atoms with van der Waals surface area (Å²) < 4.78 is 31.4. The minimum atomic E-state index is -0.791. The molecule has 2 amide bonds. The van der Waals surface area contributed by atoms with Gasteiger partial charge in [-0.3, -0.25) is 15.1 Å². The Morgan fingerprint density at radius 2 is 1.93 bits per heavy atom. The number of amides is 2. The fourth-order valence-electron chi connectivity index (χ4n) is 4.00. The number of thiazole rings is 1. The van der Waals surface area contributed by atoms with Gasteiger partial charge in [0.15, 0.2) is 11.6 Å². The maximum Gasteiger partial charge on any atom is 0.411 e. The molecule has 0 spiro atoms. The Morgan fingerprint density at radius 1 is 1.07 bits per heavy atom. The first-order chi connectivity index (χ1) is 20.3. The molecule has 0 radical (unpaired) electrons. The minimum Gasteiger partial charge on any atom is -0.487 e. The van der Waals surface area contributed by atoms with Crippen molar-refractivity contribution < 1.29 is 33.3 Å². The Balaban J connectivity index is 1.22. The molecule has 0 saturated heterocycles. The number of halogens is 1. The lowest BCUT2D eigenvalue weighted by atomic mass is 10.1. The molecule has 2 aromatic carbocycles. The lowest BCUT2D eigenvalue weighted by molar-refractivity contribution is 0.0939. The zero-order valence-electron chi connectivity index (χ0n) is 22.5. The number of fused-ring (bicyclic) bond motifs is 2. The molecule has 3 aromatic heterocycles. The Hall–Kier alpha value is -4.95. The number of nitrogens with zero attached hydrogens (tertiary/aromatic N) is 4. The normalized spacial score (nSPS) is 11.0. The van der Waals surface area contributed by atoms with Crippen LogP contribution in [0.25, 0.3) is 31.8 Å². The Morgan fingerprint density at radius 3 is 2.74 bits per heavy atom. The van der Waals surface area contributed by atoms with Crippen LogP contribution in [0.5, 0.6) is 11.6 Å². The monoisotopic (exact) mass is 592 g/mol. The van der Waals surface area contributed by atoms with Gasteiger partial charge >= 0.3 is 6.09 Å². The smallest absolute Gasteiger partial charge is 0.411 e. The molecule has 0 unspecified atom stereocenters. The van der Waals surface area contributed by atoms with Crippen LogP contribution in [0.2, 0.25) is 0 Å². The molecule has 5 aromatic rings. The number of nitrogens with one attached hydrogen (secondary N) is 2. The quantitative estimate of drug-likeness (QED) is 0.202. The van der Waals surface area contributed by atoms with E-state index in [0.717, 1.165) is 11.1 Å². The van der Waals surface area contributed by atoms with Crippen molar-refractivity contribution in [2.75, 3.05) is 38.8 Å². The summed E-state index contributed by atoms with van der Waals surface area (Å²) in [5.74, 6) is -0.707. The molecule has 12 nitrogen and oxygen atoms in total. The molecule has 216 valence electrons. The summed E-state index contributed by atoms with van der Waals surface area (Å²) in [5, 5.41) is 14.4. The van der Waals surface area contributed by atoms with Gasteiger partial charge in [-0.2, -0.15) is 0 Å². The molecule has 14 heteroatoms. The summed E-state index contributed by atoms with van der Waals surface area (Å²) in [7, 11) is 1.53. The number of carbonyl (C=O) groups excluding carboxylic acids is 2. The number of pyridine rings is 1. The van der Waals surface area contributed by atoms with E-state index in [1.165, 1.54) is 49.0 Å². The minimum absolute atomic E-state index is 0.00648. The second kappa shape index (κ2) is 12.7. The summed E-state index contributed by atoms with van der Waals surface area (Å²) in [5.41, 5.74) is 3.87. The lowest BCUT2D eigenvalue weighted by Gasteiger charge is -2.10. The molecule has 0 bridgehead atoms. The molecule has 3 N–H and O–H groups in total. The summed E-state index contributed by atoms with van der Waals surface area (Å²) in [4.78, 5) is 41.6. The van der Waals surface area contributed by atoms with Crippen molar-refractivity contribution in [3.05, 3.63) is 65.9 Å². The van der Waals surface area contributed by atoms with Crippen LogP contribution in [-0.4, -0.2) is 70.5 Å². The summed E-state index contributed by atoms with van der Waals surface area (Å²) in [6.07, 6.45) is 2.10. The van der Waals surface area contributed by atoms with Gasteiger partial charge in [-0.1, -0.05) is 0 Å². The zero-order valence-corrected chi connectivity index (χ0v) is 23.3. The van der Waals surface area contributed by atoms with E-state index in [2.05, 4.69) is 30.6 Å². The largest absolute Gasteiger partial charge is 0.487 e. The highest BCUT2D eigenvalue weighted by molar-refractivity contribution is 7.21. The van der Waals surface area contributed by atoms with Gasteiger partial charge in [-0.25, -0.2) is 24.1 Å². The third kappa shape index (κ3) is 6.50. The van der Waals surface area contributed by atoms with Gasteiger partial charge in [0.1, 0.15) is 23.9 Å². The summed E-state index contributed by atoms with van der Waals surface area (Å²) in [6.45, 7) is 1.54. The topological polar surface area (TPSA) is 158 Å². The highest BCUT2D eigenvalue weighted by Gasteiger charge is 2.16.